The van der Waals surface area contributed by atoms with Crippen molar-refractivity contribution < 1.29 is 14.4 Å². The summed E-state index contributed by atoms with van der Waals surface area (Å²) in [6.07, 6.45) is 7.34. The van der Waals surface area contributed by atoms with E-state index in [-0.39, 0.29) is 6.54 Å². The Balaban J connectivity index is 2.69. The summed E-state index contributed by atoms with van der Waals surface area (Å²) >= 11 is 0. The number of nitrogens with zero attached hydrogens (tertiary/aromatic N) is 1. The fourth-order valence-electron chi connectivity index (χ4n) is 1.75. The number of unbranched alkanes of at least 4 members (excludes halogenated alkanes) is 1. The van der Waals surface area contributed by atoms with Crippen molar-refractivity contribution in [2.75, 3.05) is 6.54 Å². The molecule has 0 aromatic carbocycles. The minimum absolute atomic E-state index is 0.266. The number of carbonyl (C=O) groups is 3. The van der Waals surface area contributed by atoms with E-state index in [1.165, 1.54) is 0 Å². The molecule has 0 aromatic rings. The molecule has 5 heteroatoms. The number of hydrogen-bond acceptors (Lipinski definition) is 3. The van der Waals surface area contributed by atoms with Crippen LogP contribution in [0.25, 0.3) is 0 Å². The van der Waals surface area contributed by atoms with Crippen LogP contribution in [0.5, 0.6) is 0 Å². The number of hydrogen-bond donors (Lipinski definition) is 1. The smallest absolute Gasteiger partial charge is 0.277 e. The number of imide groups is 2. The van der Waals surface area contributed by atoms with Crippen molar-refractivity contribution in [3.63, 3.8) is 0 Å². The standard InChI is InChI=1S/C12H16N2O3/c1-3-5-6-8-14-11(16)9(7-4-2)10(15)13-12(14)17/h1,9H,4-8H2,2H3,(H,13,15,17). The minimum atomic E-state index is -0.733. The number of urea groups is 1. The Hall–Kier alpha value is -1.83. The lowest BCUT2D eigenvalue weighted by atomic mass is 9.99. The Morgan fingerprint density at radius 1 is 1.41 bits per heavy atom. The molecule has 1 heterocycles. The average molecular weight is 236 g/mol. The Morgan fingerprint density at radius 2 is 2.12 bits per heavy atom. The zero-order valence-electron chi connectivity index (χ0n) is 9.86. The Morgan fingerprint density at radius 3 is 2.71 bits per heavy atom. The van der Waals surface area contributed by atoms with Crippen LogP contribution >= 0.6 is 0 Å². The van der Waals surface area contributed by atoms with E-state index in [1.54, 1.807) is 0 Å². The molecular weight excluding hydrogens is 220 g/mol. The Labute approximate surface area is 101 Å². The van der Waals surface area contributed by atoms with Gasteiger partial charge in [-0.3, -0.25) is 19.8 Å². The van der Waals surface area contributed by atoms with Gasteiger partial charge in [0.1, 0.15) is 5.92 Å². The molecule has 0 saturated carbocycles. The predicted molar refractivity (Wildman–Crippen MR) is 61.7 cm³/mol. The molecule has 0 spiro atoms. The van der Waals surface area contributed by atoms with E-state index in [0.717, 1.165) is 11.3 Å². The van der Waals surface area contributed by atoms with E-state index in [9.17, 15) is 14.4 Å². The van der Waals surface area contributed by atoms with Gasteiger partial charge >= 0.3 is 6.03 Å². The third-order valence-corrected chi connectivity index (χ3v) is 2.64. The number of amides is 4. The Bertz CT molecular complexity index is 370. The van der Waals surface area contributed by atoms with Crippen molar-refractivity contribution >= 4 is 17.8 Å². The molecule has 0 radical (unpaired) electrons. The van der Waals surface area contributed by atoms with Crippen LogP contribution in [0.4, 0.5) is 4.79 Å². The lowest BCUT2D eigenvalue weighted by molar-refractivity contribution is -0.142. The molecule has 1 rings (SSSR count). The normalized spacial score (nSPS) is 20.1. The summed E-state index contributed by atoms with van der Waals surface area (Å²) < 4.78 is 0. The van der Waals surface area contributed by atoms with E-state index in [4.69, 9.17) is 6.42 Å². The number of carbonyl (C=O) groups excluding carboxylic acids is 3. The van der Waals surface area contributed by atoms with Crippen molar-refractivity contribution in [2.24, 2.45) is 5.92 Å². The van der Waals surface area contributed by atoms with Gasteiger partial charge in [0.15, 0.2) is 0 Å². The molecule has 1 fully saturated rings. The van der Waals surface area contributed by atoms with Gasteiger partial charge in [0.2, 0.25) is 11.8 Å². The number of barbiturate groups is 1. The second-order valence-electron chi connectivity index (χ2n) is 3.93. The van der Waals surface area contributed by atoms with Crippen LogP contribution in [-0.2, 0) is 9.59 Å². The zero-order chi connectivity index (χ0) is 12.8. The molecular formula is C12H16N2O3. The first-order valence-corrected chi connectivity index (χ1v) is 5.71. The first-order chi connectivity index (χ1) is 8.11. The summed E-state index contributed by atoms with van der Waals surface area (Å²) in [7, 11) is 0. The van der Waals surface area contributed by atoms with Gasteiger partial charge in [-0.1, -0.05) is 13.3 Å². The quantitative estimate of drug-likeness (QED) is 0.438. The summed E-state index contributed by atoms with van der Waals surface area (Å²) in [6, 6.07) is -0.635. The molecule has 1 N–H and O–H groups in total. The molecule has 4 amide bonds. The maximum Gasteiger partial charge on any atom is 0.330 e. The molecule has 1 unspecified atom stereocenters. The third-order valence-electron chi connectivity index (χ3n) is 2.64. The highest BCUT2D eigenvalue weighted by molar-refractivity contribution is 6.16. The van der Waals surface area contributed by atoms with Gasteiger partial charge in [-0.25, -0.2) is 4.79 Å². The molecule has 0 bridgehead atoms. The highest BCUT2D eigenvalue weighted by Gasteiger charge is 2.39. The lowest BCUT2D eigenvalue weighted by Crippen LogP contribution is -2.57. The zero-order valence-corrected chi connectivity index (χ0v) is 9.86. The van der Waals surface area contributed by atoms with Gasteiger partial charge in [0.25, 0.3) is 0 Å². The maximum atomic E-state index is 11.9. The summed E-state index contributed by atoms with van der Waals surface area (Å²) in [4.78, 5) is 36.0. The van der Waals surface area contributed by atoms with Crippen LogP contribution < -0.4 is 5.32 Å². The van der Waals surface area contributed by atoms with Crippen molar-refractivity contribution in [3.8, 4) is 12.3 Å². The van der Waals surface area contributed by atoms with Crippen LogP contribution in [0, 0.1) is 18.3 Å². The second kappa shape index (κ2) is 6.04. The Kier molecular flexibility index (Phi) is 4.70. The molecule has 92 valence electrons. The van der Waals surface area contributed by atoms with Gasteiger partial charge in [0, 0.05) is 13.0 Å². The summed E-state index contributed by atoms with van der Waals surface area (Å²) in [5.41, 5.74) is 0. The van der Waals surface area contributed by atoms with Crippen molar-refractivity contribution in [2.45, 2.75) is 32.6 Å². The molecule has 5 nitrogen and oxygen atoms in total. The van der Waals surface area contributed by atoms with E-state index in [1.807, 2.05) is 6.92 Å². The van der Waals surface area contributed by atoms with E-state index in [0.29, 0.717) is 19.3 Å². The predicted octanol–water partition coefficient (Wildman–Crippen LogP) is 0.894. The number of rotatable bonds is 5. The van der Waals surface area contributed by atoms with Crippen LogP contribution in [0.2, 0.25) is 0 Å². The first-order valence-electron chi connectivity index (χ1n) is 5.71. The molecule has 17 heavy (non-hydrogen) atoms. The van der Waals surface area contributed by atoms with Crippen LogP contribution in [-0.4, -0.2) is 29.3 Å². The van der Waals surface area contributed by atoms with E-state index in [2.05, 4.69) is 11.2 Å². The fraction of sp³-hybridized carbons (Fsp3) is 0.583. The number of terminal acetylenes is 1. The largest absolute Gasteiger partial charge is 0.330 e. The second-order valence-corrected chi connectivity index (χ2v) is 3.93. The van der Waals surface area contributed by atoms with Crippen molar-refractivity contribution in [3.05, 3.63) is 0 Å². The van der Waals surface area contributed by atoms with Gasteiger partial charge in [-0.15, -0.1) is 12.3 Å². The van der Waals surface area contributed by atoms with Gasteiger partial charge in [0.05, 0.1) is 0 Å². The summed E-state index contributed by atoms with van der Waals surface area (Å²) in [6.45, 7) is 2.15. The summed E-state index contributed by atoms with van der Waals surface area (Å²) in [5, 5.41) is 2.20. The monoisotopic (exact) mass is 236 g/mol. The van der Waals surface area contributed by atoms with Crippen LogP contribution in [0.1, 0.15) is 32.6 Å². The van der Waals surface area contributed by atoms with Crippen molar-refractivity contribution in [1.82, 2.24) is 10.2 Å². The van der Waals surface area contributed by atoms with Crippen LogP contribution in [0.15, 0.2) is 0 Å². The minimum Gasteiger partial charge on any atom is -0.277 e. The topological polar surface area (TPSA) is 66.5 Å². The molecule has 1 saturated heterocycles. The fourth-order valence-corrected chi connectivity index (χ4v) is 1.75. The SMILES string of the molecule is C#CCCCN1C(=O)NC(=O)C(CCC)C1=O. The molecule has 0 aromatic heterocycles. The highest BCUT2D eigenvalue weighted by atomic mass is 16.2. The molecule has 1 aliphatic heterocycles. The summed E-state index contributed by atoms with van der Waals surface area (Å²) in [5.74, 6) is 0.817. The van der Waals surface area contributed by atoms with E-state index >= 15 is 0 Å². The molecule has 1 aliphatic rings. The third kappa shape index (κ3) is 3.06. The molecule has 0 aliphatic carbocycles. The first kappa shape index (κ1) is 13.2. The van der Waals surface area contributed by atoms with Gasteiger partial charge < -0.3 is 0 Å². The molecule has 1 atom stereocenters. The van der Waals surface area contributed by atoms with Crippen molar-refractivity contribution in [1.29, 1.82) is 0 Å². The van der Waals surface area contributed by atoms with Gasteiger partial charge in [-0.05, 0) is 12.8 Å². The van der Waals surface area contributed by atoms with Crippen LogP contribution in [0.3, 0.4) is 0 Å². The highest BCUT2D eigenvalue weighted by Crippen LogP contribution is 2.16. The maximum absolute atomic E-state index is 11.9. The van der Waals surface area contributed by atoms with Gasteiger partial charge in [-0.2, -0.15) is 0 Å². The number of nitrogens with one attached hydrogen (secondary N) is 1. The van der Waals surface area contributed by atoms with E-state index < -0.39 is 23.8 Å². The lowest BCUT2D eigenvalue weighted by Gasteiger charge is -2.29. The average Bonchev–Trinajstić information content (AvgIpc) is 2.29.